The topological polar surface area (TPSA) is 12.9 Å². The van der Waals surface area contributed by atoms with Crippen molar-refractivity contribution in [2.75, 3.05) is 0 Å². The molecule has 0 atom stereocenters. The van der Waals surface area contributed by atoms with Crippen LogP contribution >= 0.6 is 0 Å². The third kappa shape index (κ3) is 11.1. The second kappa shape index (κ2) is 15.6. The molecule has 90 valence electrons. The van der Waals surface area contributed by atoms with Crippen molar-refractivity contribution >= 4 is 0 Å². The zero-order valence-electron chi connectivity index (χ0n) is 12.1. The Morgan fingerprint density at radius 2 is 1.13 bits per heavy atom. The van der Waals surface area contributed by atoms with Crippen LogP contribution in [-0.2, 0) is 0 Å². The van der Waals surface area contributed by atoms with Gasteiger partial charge < -0.3 is 0 Å². The van der Waals surface area contributed by atoms with Gasteiger partial charge in [-0.05, 0) is 38.0 Å². The van der Waals surface area contributed by atoms with Crippen molar-refractivity contribution in [1.29, 1.82) is 0 Å². The van der Waals surface area contributed by atoms with E-state index in [1.165, 1.54) is 11.1 Å². The maximum absolute atomic E-state index is 4.14. The summed E-state index contributed by atoms with van der Waals surface area (Å²) in [5.74, 6) is 0. The first-order valence-corrected chi connectivity index (χ1v) is 6.10. The first kappa shape index (κ1) is 19.7. The summed E-state index contributed by atoms with van der Waals surface area (Å²) in [5, 5.41) is 0. The Balaban J connectivity index is -0.000000208. The van der Waals surface area contributed by atoms with Gasteiger partial charge in [0.1, 0.15) is 0 Å². The van der Waals surface area contributed by atoms with Gasteiger partial charge in [-0.15, -0.1) is 0 Å². The first-order chi connectivity index (χ1) is 7.20. The lowest BCUT2D eigenvalue weighted by atomic mass is 10.2. The van der Waals surface area contributed by atoms with Crippen molar-refractivity contribution in [3.63, 3.8) is 0 Å². The van der Waals surface area contributed by atoms with E-state index in [-0.39, 0.29) is 0 Å². The standard InChI is InChI=1S/C8H11N.3C2H6/c1-6-4-8(3)9-5-7(6)2;3*1-2/h4-5H,1-3H3;3*1-2H3. The lowest BCUT2D eigenvalue weighted by molar-refractivity contribution is 1.14. The second-order valence-electron chi connectivity index (χ2n) is 2.41. The molecule has 0 bridgehead atoms. The summed E-state index contributed by atoms with van der Waals surface area (Å²) >= 11 is 0. The molecule has 0 unspecified atom stereocenters. The number of hydrogen-bond donors (Lipinski definition) is 0. The van der Waals surface area contributed by atoms with Crippen molar-refractivity contribution < 1.29 is 0 Å². The van der Waals surface area contributed by atoms with E-state index in [1.807, 2.05) is 54.7 Å². The smallest absolute Gasteiger partial charge is 0.0375 e. The SMILES string of the molecule is CC.CC.CC.Cc1cc(C)c(C)cn1. The molecule has 0 amide bonds. The van der Waals surface area contributed by atoms with E-state index in [1.54, 1.807) is 0 Å². The molecule has 1 aromatic heterocycles. The number of hydrogen-bond acceptors (Lipinski definition) is 1. The quantitative estimate of drug-likeness (QED) is 0.583. The minimum Gasteiger partial charge on any atom is -0.261 e. The minimum atomic E-state index is 1.10. The van der Waals surface area contributed by atoms with Crippen LogP contribution in [0.5, 0.6) is 0 Å². The molecule has 0 spiro atoms. The van der Waals surface area contributed by atoms with Gasteiger partial charge in [0.05, 0.1) is 0 Å². The predicted octanol–water partition coefficient (Wildman–Crippen LogP) is 5.09. The van der Waals surface area contributed by atoms with Crippen LogP contribution in [0, 0.1) is 20.8 Å². The molecule has 0 radical (unpaired) electrons. The highest BCUT2D eigenvalue weighted by atomic mass is 14.7. The predicted molar refractivity (Wildman–Crippen MR) is 72.5 cm³/mol. The summed E-state index contributed by atoms with van der Waals surface area (Å²) < 4.78 is 0. The molecule has 1 heterocycles. The van der Waals surface area contributed by atoms with Crippen LogP contribution in [0.2, 0.25) is 0 Å². The number of aromatic nitrogens is 1. The molecule has 1 nitrogen and oxygen atoms in total. The van der Waals surface area contributed by atoms with E-state index in [0.717, 1.165) is 5.69 Å². The van der Waals surface area contributed by atoms with Crippen LogP contribution in [0.25, 0.3) is 0 Å². The normalized spacial score (nSPS) is 7.00. The number of nitrogens with zero attached hydrogens (tertiary/aromatic N) is 1. The molecule has 1 aromatic rings. The van der Waals surface area contributed by atoms with Crippen LogP contribution in [-0.4, -0.2) is 4.98 Å². The van der Waals surface area contributed by atoms with Crippen LogP contribution in [0.3, 0.4) is 0 Å². The van der Waals surface area contributed by atoms with Gasteiger partial charge in [-0.1, -0.05) is 41.5 Å². The maximum atomic E-state index is 4.14. The average Bonchev–Trinajstić information content (AvgIpc) is 2.32. The zero-order valence-corrected chi connectivity index (χ0v) is 12.1. The summed E-state index contributed by atoms with van der Waals surface area (Å²) in [5.41, 5.74) is 3.68. The highest BCUT2D eigenvalue weighted by Gasteiger charge is 1.90. The van der Waals surface area contributed by atoms with E-state index in [4.69, 9.17) is 0 Å². The Hall–Kier alpha value is -0.850. The highest BCUT2D eigenvalue weighted by molar-refractivity contribution is 5.22. The van der Waals surface area contributed by atoms with Crippen molar-refractivity contribution in [2.24, 2.45) is 0 Å². The average molecular weight is 211 g/mol. The molecular formula is C14H29N. The monoisotopic (exact) mass is 211 g/mol. The fraction of sp³-hybridized carbons (Fsp3) is 0.643. The Morgan fingerprint density at radius 3 is 1.40 bits per heavy atom. The number of pyridine rings is 1. The third-order valence-corrected chi connectivity index (χ3v) is 1.51. The van der Waals surface area contributed by atoms with E-state index in [2.05, 4.69) is 24.9 Å². The van der Waals surface area contributed by atoms with Gasteiger partial charge in [0, 0.05) is 11.9 Å². The molecule has 0 aliphatic heterocycles. The third-order valence-electron chi connectivity index (χ3n) is 1.51. The molecule has 0 fully saturated rings. The molecule has 0 saturated heterocycles. The summed E-state index contributed by atoms with van der Waals surface area (Å²) in [6.45, 7) is 18.2. The van der Waals surface area contributed by atoms with Crippen molar-refractivity contribution in [2.45, 2.75) is 62.3 Å². The van der Waals surface area contributed by atoms with Crippen molar-refractivity contribution in [1.82, 2.24) is 4.98 Å². The zero-order chi connectivity index (χ0) is 12.9. The molecule has 15 heavy (non-hydrogen) atoms. The largest absolute Gasteiger partial charge is 0.261 e. The molecule has 0 aromatic carbocycles. The van der Waals surface area contributed by atoms with Crippen molar-refractivity contribution in [3.05, 3.63) is 29.1 Å². The molecule has 1 heteroatoms. The van der Waals surface area contributed by atoms with Gasteiger partial charge in [0.2, 0.25) is 0 Å². The lowest BCUT2D eigenvalue weighted by Crippen LogP contribution is -1.85. The van der Waals surface area contributed by atoms with E-state index in [0.29, 0.717) is 0 Å². The summed E-state index contributed by atoms with van der Waals surface area (Å²) in [4.78, 5) is 4.14. The number of aryl methyl sites for hydroxylation is 3. The molecule has 1 rings (SSSR count). The summed E-state index contributed by atoms with van der Waals surface area (Å²) in [6, 6.07) is 2.09. The highest BCUT2D eigenvalue weighted by Crippen LogP contribution is 2.04. The maximum Gasteiger partial charge on any atom is 0.0375 e. The first-order valence-electron chi connectivity index (χ1n) is 6.10. The van der Waals surface area contributed by atoms with Gasteiger partial charge in [-0.25, -0.2) is 0 Å². The van der Waals surface area contributed by atoms with Crippen molar-refractivity contribution in [3.8, 4) is 0 Å². The van der Waals surface area contributed by atoms with Crippen LogP contribution in [0.4, 0.5) is 0 Å². The Kier molecular flexibility index (Phi) is 20.5. The fourth-order valence-corrected chi connectivity index (χ4v) is 0.765. The van der Waals surface area contributed by atoms with E-state index < -0.39 is 0 Å². The summed E-state index contributed by atoms with van der Waals surface area (Å²) in [7, 11) is 0. The van der Waals surface area contributed by atoms with Gasteiger partial charge in [0.15, 0.2) is 0 Å². The van der Waals surface area contributed by atoms with Gasteiger partial charge >= 0.3 is 0 Å². The lowest BCUT2D eigenvalue weighted by Gasteiger charge is -1.97. The minimum absolute atomic E-state index is 1.10. The molecule has 0 N–H and O–H groups in total. The van der Waals surface area contributed by atoms with E-state index >= 15 is 0 Å². The molecule has 0 aliphatic rings. The summed E-state index contributed by atoms with van der Waals surface area (Å²) in [6.07, 6.45) is 1.91. The Morgan fingerprint density at radius 1 is 0.733 bits per heavy atom. The fourth-order valence-electron chi connectivity index (χ4n) is 0.765. The Bertz CT molecular complexity index is 217. The van der Waals surface area contributed by atoms with E-state index in [9.17, 15) is 0 Å². The van der Waals surface area contributed by atoms with Crippen LogP contribution < -0.4 is 0 Å². The Labute approximate surface area is 97.0 Å². The van der Waals surface area contributed by atoms with Gasteiger partial charge in [-0.2, -0.15) is 0 Å². The van der Waals surface area contributed by atoms with Gasteiger partial charge in [-0.3, -0.25) is 4.98 Å². The van der Waals surface area contributed by atoms with Crippen LogP contribution in [0.1, 0.15) is 58.4 Å². The molecule has 0 saturated carbocycles. The molecule has 0 aliphatic carbocycles. The van der Waals surface area contributed by atoms with Crippen LogP contribution in [0.15, 0.2) is 12.3 Å². The number of rotatable bonds is 0. The molecular weight excluding hydrogens is 182 g/mol. The van der Waals surface area contributed by atoms with Gasteiger partial charge in [0.25, 0.3) is 0 Å². The second-order valence-corrected chi connectivity index (χ2v) is 2.41.